The highest BCUT2D eigenvalue weighted by Gasteiger charge is 2.21. The van der Waals surface area contributed by atoms with Crippen molar-refractivity contribution >= 4 is 11.8 Å². The van der Waals surface area contributed by atoms with Crippen LogP contribution < -0.4 is 5.32 Å². The number of hydrogen-bond acceptors (Lipinski definition) is 2. The van der Waals surface area contributed by atoms with E-state index in [1.54, 1.807) is 0 Å². The van der Waals surface area contributed by atoms with Gasteiger partial charge in [0, 0.05) is 11.3 Å². The first-order valence-corrected chi connectivity index (χ1v) is 9.17. The lowest BCUT2D eigenvalue weighted by atomic mass is 10.0. The third-order valence-electron chi connectivity index (χ3n) is 4.40. The van der Waals surface area contributed by atoms with E-state index in [2.05, 4.69) is 62.1 Å². The second-order valence-electron chi connectivity index (χ2n) is 6.13. The molecule has 0 saturated heterocycles. The summed E-state index contributed by atoms with van der Waals surface area (Å²) in [4.78, 5) is 0. The SMILES string of the molecule is CCNC(c1ccc(C)cc1)C(C)SCC1CCCC1. The molecule has 1 nitrogen and oxygen atoms in total. The highest BCUT2D eigenvalue weighted by Crippen LogP contribution is 2.33. The first-order chi connectivity index (χ1) is 9.70. The molecule has 0 aliphatic heterocycles. The van der Waals surface area contributed by atoms with Crippen molar-refractivity contribution in [2.45, 2.75) is 57.7 Å². The molecule has 20 heavy (non-hydrogen) atoms. The van der Waals surface area contributed by atoms with Gasteiger partial charge in [0.05, 0.1) is 0 Å². The molecule has 0 bridgehead atoms. The van der Waals surface area contributed by atoms with Crippen molar-refractivity contribution in [3.63, 3.8) is 0 Å². The quantitative estimate of drug-likeness (QED) is 0.762. The number of hydrogen-bond donors (Lipinski definition) is 1. The molecule has 2 heteroatoms. The molecule has 1 N–H and O–H groups in total. The summed E-state index contributed by atoms with van der Waals surface area (Å²) >= 11 is 2.16. The molecule has 1 aliphatic rings. The van der Waals surface area contributed by atoms with Crippen LogP contribution in [-0.2, 0) is 0 Å². The van der Waals surface area contributed by atoms with Gasteiger partial charge in [0.25, 0.3) is 0 Å². The van der Waals surface area contributed by atoms with Gasteiger partial charge in [-0.15, -0.1) is 0 Å². The van der Waals surface area contributed by atoms with E-state index in [-0.39, 0.29) is 0 Å². The van der Waals surface area contributed by atoms with Gasteiger partial charge in [0.2, 0.25) is 0 Å². The van der Waals surface area contributed by atoms with Crippen LogP contribution in [0.3, 0.4) is 0 Å². The van der Waals surface area contributed by atoms with Crippen molar-refractivity contribution in [3.05, 3.63) is 35.4 Å². The van der Waals surface area contributed by atoms with Crippen molar-refractivity contribution in [3.8, 4) is 0 Å². The third kappa shape index (κ3) is 4.53. The molecule has 0 amide bonds. The summed E-state index contributed by atoms with van der Waals surface area (Å²) in [6, 6.07) is 9.51. The lowest BCUT2D eigenvalue weighted by Gasteiger charge is -2.26. The predicted molar refractivity (Wildman–Crippen MR) is 91.5 cm³/mol. The van der Waals surface area contributed by atoms with Crippen molar-refractivity contribution < 1.29 is 0 Å². The Hall–Kier alpha value is -0.470. The molecule has 1 saturated carbocycles. The van der Waals surface area contributed by atoms with Crippen LogP contribution >= 0.6 is 11.8 Å². The molecule has 112 valence electrons. The van der Waals surface area contributed by atoms with Gasteiger partial charge in [-0.2, -0.15) is 11.8 Å². The summed E-state index contributed by atoms with van der Waals surface area (Å²) in [5.41, 5.74) is 2.78. The van der Waals surface area contributed by atoms with Crippen LogP contribution in [0.1, 0.15) is 56.7 Å². The second kappa shape index (κ2) is 8.09. The Morgan fingerprint density at radius 1 is 1.20 bits per heavy atom. The van der Waals surface area contributed by atoms with Crippen LogP contribution in [0.2, 0.25) is 0 Å². The zero-order chi connectivity index (χ0) is 14.4. The van der Waals surface area contributed by atoms with E-state index < -0.39 is 0 Å². The average Bonchev–Trinajstić information content (AvgIpc) is 2.97. The molecular weight excluding hydrogens is 262 g/mol. The highest BCUT2D eigenvalue weighted by molar-refractivity contribution is 7.99. The Morgan fingerprint density at radius 2 is 1.85 bits per heavy atom. The zero-order valence-electron chi connectivity index (χ0n) is 13.2. The molecule has 0 aromatic heterocycles. The molecule has 1 aliphatic carbocycles. The minimum Gasteiger partial charge on any atom is -0.309 e. The van der Waals surface area contributed by atoms with Gasteiger partial charge < -0.3 is 5.32 Å². The van der Waals surface area contributed by atoms with Crippen molar-refractivity contribution in [1.29, 1.82) is 0 Å². The number of rotatable bonds is 7. The monoisotopic (exact) mass is 291 g/mol. The Labute approximate surface area is 128 Å². The Morgan fingerprint density at radius 3 is 2.45 bits per heavy atom. The van der Waals surface area contributed by atoms with Crippen molar-refractivity contribution in [1.82, 2.24) is 5.32 Å². The summed E-state index contributed by atoms with van der Waals surface area (Å²) in [6.45, 7) is 7.78. The van der Waals surface area contributed by atoms with E-state index in [0.717, 1.165) is 12.5 Å². The number of nitrogens with one attached hydrogen (secondary N) is 1. The summed E-state index contributed by atoms with van der Waals surface area (Å²) < 4.78 is 0. The van der Waals surface area contributed by atoms with Gasteiger partial charge in [-0.05, 0) is 43.5 Å². The molecule has 0 spiro atoms. The maximum absolute atomic E-state index is 3.67. The Balaban J connectivity index is 1.93. The zero-order valence-corrected chi connectivity index (χ0v) is 14.0. The van der Waals surface area contributed by atoms with Crippen LogP contribution in [0.25, 0.3) is 0 Å². The number of aryl methyl sites for hydroxylation is 1. The Bertz CT molecular complexity index is 381. The number of thioether (sulfide) groups is 1. The van der Waals surface area contributed by atoms with Crippen LogP contribution in [0, 0.1) is 12.8 Å². The largest absolute Gasteiger partial charge is 0.309 e. The van der Waals surface area contributed by atoms with Gasteiger partial charge in [0.1, 0.15) is 0 Å². The van der Waals surface area contributed by atoms with E-state index >= 15 is 0 Å². The van der Waals surface area contributed by atoms with E-state index in [1.165, 1.54) is 42.6 Å². The molecule has 1 aromatic rings. The van der Waals surface area contributed by atoms with Crippen LogP contribution in [-0.4, -0.2) is 17.5 Å². The molecule has 2 atom stereocenters. The second-order valence-corrected chi connectivity index (χ2v) is 7.55. The standard InChI is InChI=1S/C18H29NS/c1-4-19-18(17-11-9-14(2)10-12-17)15(3)20-13-16-7-5-6-8-16/h9-12,15-16,18-19H,4-8,13H2,1-3H3. The van der Waals surface area contributed by atoms with E-state index in [0.29, 0.717) is 11.3 Å². The summed E-state index contributed by atoms with van der Waals surface area (Å²) in [7, 11) is 0. The third-order valence-corrected chi connectivity index (χ3v) is 5.86. The van der Waals surface area contributed by atoms with Crippen LogP contribution in [0.5, 0.6) is 0 Å². The maximum atomic E-state index is 3.67. The molecule has 2 unspecified atom stereocenters. The lowest BCUT2D eigenvalue weighted by Crippen LogP contribution is -2.29. The van der Waals surface area contributed by atoms with Crippen LogP contribution in [0.15, 0.2) is 24.3 Å². The topological polar surface area (TPSA) is 12.0 Å². The van der Waals surface area contributed by atoms with Gasteiger partial charge in [-0.3, -0.25) is 0 Å². The summed E-state index contributed by atoms with van der Waals surface area (Å²) in [6.07, 6.45) is 5.81. The minimum absolute atomic E-state index is 0.479. The van der Waals surface area contributed by atoms with Gasteiger partial charge >= 0.3 is 0 Å². The van der Waals surface area contributed by atoms with Crippen molar-refractivity contribution in [2.24, 2.45) is 5.92 Å². The number of benzene rings is 1. The smallest absolute Gasteiger partial charge is 0.0437 e. The molecule has 1 fully saturated rings. The van der Waals surface area contributed by atoms with Gasteiger partial charge in [-0.1, -0.05) is 56.5 Å². The molecular formula is C18H29NS. The average molecular weight is 292 g/mol. The van der Waals surface area contributed by atoms with E-state index in [1.807, 2.05) is 0 Å². The molecule has 1 aromatic carbocycles. The molecule has 2 rings (SSSR count). The summed E-state index contributed by atoms with van der Waals surface area (Å²) in [5.74, 6) is 2.32. The molecule has 0 heterocycles. The first kappa shape index (κ1) is 15.9. The predicted octanol–water partition coefficient (Wildman–Crippen LogP) is 4.96. The van der Waals surface area contributed by atoms with E-state index in [4.69, 9.17) is 0 Å². The first-order valence-electron chi connectivity index (χ1n) is 8.12. The summed E-state index contributed by atoms with van der Waals surface area (Å²) in [5, 5.41) is 4.31. The maximum Gasteiger partial charge on any atom is 0.0437 e. The normalized spacial score (nSPS) is 19.1. The highest BCUT2D eigenvalue weighted by atomic mass is 32.2. The van der Waals surface area contributed by atoms with Gasteiger partial charge in [0.15, 0.2) is 0 Å². The Kier molecular flexibility index (Phi) is 6.44. The van der Waals surface area contributed by atoms with Crippen LogP contribution in [0.4, 0.5) is 0 Å². The fraction of sp³-hybridized carbons (Fsp3) is 0.667. The fourth-order valence-corrected chi connectivity index (χ4v) is 4.46. The fourth-order valence-electron chi connectivity index (χ4n) is 3.11. The van der Waals surface area contributed by atoms with E-state index in [9.17, 15) is 0 Å². The lowest BCUT2D eigenvalue weighted by molar-refractivity contribution is 0.544. The molecule has 0 radical (unpaired) electrons. The van der Waals surface area contributed by atoms with Crippen molar-refractivity contribution in [2.75, 3.05) is 12.3 Å². The van der Waals surface area contributed by atoms with Gasteiger partial charge in [-0.25, -0.2) is 0 Å². The minimum atomic E-state index is 0.479.